The summed E-state index contributed by atoms with van der Waals surface area (Å²) in [6.07, 6.45) is 2.16. The molecule has 18 heavy (non-hydrogen) atoms. The third kappa shape index (κ3) is 5.77. The average Bonchev–Trinajstić information content (AvgIpc) is 2.34. The monoisotopic (exact) mass is 252 g/mol. The van der Waals surface area contributed by atoms with Gasteiger partial charge in [0.25, 0.3) is 0 Å². The zero-order valence-corrected chi connectivity index (χ0v) is 10.8. The van der Waals surface area contributed by atoms with Crippen LogP contribution in [-0.4, -0.2) is 19.0 Å². The lowest BCUT2D eigenvalue weighted by Crippen LogP contribution is -2.26. The van der Waals surface area contributed by atoms with E-state index in [0.717, 1.165) is 12.8 Å². The molecule has 0 spiro atoms. The molecule has 1 amide bonds. The highest BCUT2D eigenvalue weighted by atomic mass is 19.1. The maximum Gasteiger partial charge on any atom is 0.224 e. The number of nitrogens with two attached hydrogens (primary N) is 1. The van der Waals surface area contributed by atoms with Gasteiger partial charge in [-0.05, 0) is 43.0 Å². The van der Waals surface area contributed by atoms with E-state index in [0.29, 0.717) is 24.6 Å². The molecule has 0 saturated carbocycles. The lowest BCUT2D eigenvalue weighted by molar-refractivity contribution is -0.120. The van der Waals surface area contributed by atoms with Crippen LogP contribution in [0.2, 0.25) is 0 Å². The van der Waals surface area contributed by atoms with Crippen LogP contribution in [0.1, 0.15) is 25.3 Å². The number of hydrogen-bond donors (Lipinski definition) is 2. The van der Waals surface area contributed by atoms with Crippen LogP contribution in [0.5, 0.6) is 0 Å². The molecule has 0 bridgehead atoms. The number of benzene rings is 1. The van der Waals surface area contributed by atoms with E-state index >= 15 is 0 Å². The highest BCUT2D eigenvalue weighted by Gasteiger charge is 2.04. The van der Waals surface area contributed by atoms with Crippen LogP contribution >= 0.6 is 0 Å². The van der Waals surface area contributed by atoms with E-state index in [-0.39, 0.29) is 18.1 Å². The van der Waals surface area contributed by atoms with Gasteiger partial charge in [0.05, 0.1) is 6.42 Å². The summed E-state index contributed by atoms with van der Waals surface area (Å²) in [7, 11) is 0. The van der Waals surface area contributed by atoms with E-state index in [1.807, 2.05) is 0 Å². The summed E-state index contributed by atoms with van der Waals surface area (Å²) in [5.74, 6) is 0.114. The summed E-state index contributed by atoms with van der Waals surface area (Å²) in [4.78, 5) is 11.6. The number of amides is 1. The fourth-order valence-electron chi connectivity index (χ4n) is 1.69. The standard InChI is InChI=1S/C14H21FN2O/c1-11(10-16)4-3-7-17-14(18)9-12-5-2-6-13(15)8-12/h2,5-6,8,11H,3-4,7,9-10,16H2,1H3,(H,17,18). The van der Waals surface area contributed by atoms with Crippen LogP contribution in [0.15, 0.2) is 24.3 Å². The van der Waals surface area contributed by atoms with Gasteiger partial charge in [-0.25, -0.2) is 4.39 Å². The first-order valence-electron chi connectivity index (χ1n) is 6.33. The Morgan fingerprint density at radius 3 is 2.94 bits per heavy atom. The van der Waals surface area contributed by atoms with Gasteiger partial charge in [-0.15, -0.1) is 0 Å². The topological polar surface area (TPSA) is 55.1 Å². The molecule has 0 saturated heterocycles. The second-order valence-electron chi connectivity index (χ2n) is 4.64. The van der Waals surface area contributed by atoms with Gasteiger partial charge in [-0.3, -0.25) is 4.79 Å². The van der Waals surface area contributed by atoms with Crippen LogP contribution < -0.4 is 11.1 Å². The molecule has 0 aliphatic heterocycles. The first kappa shape index (κ1) is 14.6. The van der Waals surface area contributed by atoms with E-state index in [1.165, 1.54) is 12.1 Å². The quantitative estimate of drug-likeness (QED) is 0.728. The zero-order valence-electron chi connectivity index (χ0n) is 10.8. The Labute approximate surface area is 108 Å². The van der Waals surface area contributed by atoms with Crippen LogP contribution in [0, 0.1) is 11.7 Å². The predicted molar refractivity (Wildman–Crippen MR) is 70.6 cm³/mol. The van der Waals surface area contributed by atoms with Gasteiger partial charge in [0.2, 0.25) is 5.91 Å². The van der Waals surface area contributed by atoms with Gasteiger partial charge in [-0.2, -0.15) is 0 Å². The third-order valence-electron chi connectivity index (χ3n) is 2.85. The van der Waals surface area contributed by atoms with Crippen molar-refractivity contribution in [1.82, 2.24) is 5.32 Å². The average molecular weight is 252 g/mol. The molecule has 1 aromatic rings. The first-order chi connectivity index (χ1) is 8.61. The maximum absolute atomic E-state index is 12.9. The van der Waals surface area contributed by atoms with E-state index in [2.05, 4.69) is 12.2 Å². The number of halogens is 1. The van der Waals surface area contributed by atoms with Crippen molar-refractivity contribution in [2.45, 2.75) is 26.2 Å². The van der Waals surface area contributed by atoms with Crippen molar-refractivity contribution < 1.29 is 9.18 Å². The lowest BCUT2D eigenvalue weighted by atomic mass is 10.1. The van der Waals surface area contributed by atoms with E-state index in [4.69, 9.17) is 5.73 Å². The molecule has 100 valence electrons. The predicted octanol–water partition coefficient (Wildman–Crippen LogP) is 1.86. The minimum Gasteiger partial charge on any atom is -0.356 e. The summed E-state index contributed by atoms with van der Waals surface area (Å²) < 4.78 is 12.9. The Morgan fingerprint density at radius 1 is 1.50 bits per heavy atom. The van der Waals surface area contributed by atoms with E-state index in [9.17, 15) is 9.18 Å². The summed E-state index contributed by atoms with van der Waals surface area (Å²) in [6.45, 7) is 3.42. The molecular formula is C14H21FN2O. The summed E-state index contributed by atoms with van der Waals surface area (Å²) in [5, 5.41) is 2.83. The van der Waals surface area contributed by atoms with Crippen LogP contribution in [-0.2, 0) is 11.2 Å². The molecule has 1 atom stereocenters. The van der Waals surface area contributed by atoms with Gasteiger partial charge in [-0.1, -0.05) is 19.1 Å². The summed E-state index contributed by atoms with van der Waals surface area (Å²) in [5.41, 5.74) is 6.20. The molecule has 0 aliphatic carbocycles. The summed E-state index contributed by atoms with van der Waals surface area (Å²) in [6, 6.07) is 6.12. The maximum atomic E-state index is 12.9. The lowest BCUT2D eigenvalue weighted by Gasteiger charge is -2.09. The molecule has 0 aromatic heterocycles. The second kappa shape index (κ2) is 7.82. The van der Waals surface area contributed by atoms with Crippen LogP contribution in [0.3, 0.4) is 0 Å². The molecule has 3 N–H and O–H groups in total. The van der Waals surface area contributed by atoms with E-state index in [1.54, 1.807) is 12.1 Å². The fourth-order valence-corrected chi connectivity index (χ4v) is 1.69. The van der Waals surface area contributed by atoms with E-state index < -0.39 is 0 Å². The zero-order chi connectivity index (χ0) is 13.4. The van der Waals surface area contributed by atoms with Crippen molar-refractivity contribution in [1.29, 1.82) is 0 Å². The first-order valence-corrected chi connectivity index (χ1v) is 6.33. The molecular weight excluding hydrogens is 231 g/mol. The molecule has 1 rings (SSSR count). The summed E-state index contributed by atoms with van der Waals surface area (Å²) >= 11 is 0. The normalized spacial score (nSPS) is 12.2. The number of carbonyl (C=O) groups is 1. The van der Waals surface area contributed by atoms with Crippen molar-refractivity contribution in [2.24, 2.45) is 11.7 Å². The largest absolute Gasteiger partial charge is 0.356 e. The number of nitrogens with one attached hydrogen (secondary N) is 1. The Balaban J connectivity index is 2.22. The Hall–Kier alpha value is -1.42. The van der Waals surface area contributed by atoms with Gasteiger partial charge in [0, 0.05) is 6.54 Å². The molecule has 1 unspecified atom stereocenters. The second-order valence-corrected chi connectivity index (χ2v) is 4.64. The number of rotatable bonds is 7. The number of hydrogen-bond acceptors (Lipinski definition) is 2. The Kier molecular flexibility index (Phi) is 6.36. The molecule has 0 fully saturated rings. The minimum absolute atomic E-state index is 0.0685. The van der Waals surface area contributed by atoms with Crippen molar-refractivity contribution in [3.8, 4) is 0 Å². The van der Waals surface area contributed by atoms with Crippen molar-refractivity contribution >= 4 is 5.91 Å². The molecule has 4 heteroatoms. The van der Waals surface area contributed by atoms with Gasteiger partial charge >= 0.3 is 0 Å². The van der Waals surface area contributed by atoms with Crippen molar-refractivity contribution in [3.63, 3.8) is 0 Å². The highest BCUT2D eigenvalue weighted by Crippen LogP contribution is 2.05. The molecule has 0 radical (unpaired) electrons. The van der Waals surface area contributed by atoms with Crippen molar-refractivity contribution in [3.05, 3.63) is 35.6 Å². The van der Waals surface area contributed by atoms with Crippen LogP contribution in [0.25, 0.3) is 0 Å². The highest BCUT2D eigenvalue weighted by molar-refractivity contribution is 5.78. The minimum atomic E-state index is -0.308. The molecule has 1 aromatic carbocycles. The van der Waals surface area contributed by atoms with Crippen LogP contribution in [0.4, 0.5) is 4.39 Å². The molecule has 3 nitrogen and oxygen atoms in total. The number of carbonyl (C=O) groups excluding carboxylic acids is 1. The fraction of sp³-hybridized carbons (Fsp3) is 0.500. The van der Waals surface area contributed by atoms with Gasteiger partial charge in [0.15, 0.2) is 0 Å². The Bertz CT molecular complexity index is 382. The van der Waals surface area contributed by atoms with Crippen molar-refractivity contribution in [2.75, 3.05) is 13.1 Å². The third-order valence-corrected chi connectivity index (χ3v) is 2.85. The van der Waals surface area contributed by atoms with Gasteiger partial charge in [0.1, 0.15) is 5.82 Å². The SMILES string of the molecule is CC(CN)CCCNC(=O)Cc1cccc(F)c1. The Morgan fingerprint density at radius 2 is 2.28 bits per heavy atom. The molecule has 0 heterocycles. The smallest absolute Gasteiger partial charge is 0.224 e. The van der Waals surface area contributed by atoms with Gasteiger partial charge < -0.3 is 11.1 Å². The molecule has 0 aliphatic rings.